The molecule has 0 aliphatic rings. The molecule has 0 radical (unpaired) electrons. The lowest BCUT2D eigenvalue weighted by atomic mass is 10.1. The number of rotatable bonds is 7. The van der Waals surface area contributed by atoms with E-state index in [1.807, 2.05) is 0 Å². The van der Waals surface area contributed by atoms with Gasteiger partial charge in [-0.15, -0.1) is 0 Å². The molecule has 0 aliphatic heterocycles. The maximum Gasteiger partial charge on any atom is 0.216 e. The summed E-state index contributed by atoms with van der Waals surface area (Å²) in [6.07, 6.45) is -0.0237. The van der Waals surface area contributed by atoms with Crippen molar-refractivity contribution >= 4 is 17.4 Å². The van der Waals surface area contributed by atoms with E-state index in [2.05, 4.69) is 0 Å². The first-order chi connectivity index (χ1) is 9.49. The van der Waals surface area contributed by atoms with Crippen molar-refractivity contribution in [3.05, 3.63) is 46.4 Å². The molecule has 0 saturated carbocycles. The van der Waals surface area contributed by atoms with Gasteiger partial charge in [-0.3, -0.25) is 4.79 Å². The molecule has 0 bridgehead atoms. The van der Waals surface area contributed by atoms with Gasteiger partial charge in [-0.05, 0) is 32.0 Å². The number of hydrogen-bond donors (Lipinski definition) is 1. The molecule has 0 aromatic heterocycles. The zero-order valence-electron chi connectivity index (χ0n) is 11.2. The van der Waals surface area contributed by atoms with Crippen molar-refractivity contribution in [1.29, 1.82) is 0 Å². The number of allylic oxidation sites excluding steroid dienone is 1. The fourth-order valence-electron chi connectivity index (χ4n) is 1.46. The maximum absolute atomic E-state index is 13.0. The SMILES string of the molecule is CCOC(OCC)C(O)=CC(=O)c1ccc(F)c(Cl)c1. The molecule has 20 heavy (non-hydrogen) atoms. The summed E-state index contributed by atoms with van der Waals surface area (Å²) >= 11 is 5.60. The molecule has 1 rings (SSSR count). The van der Waals surface area contributed by atoms with E-state index in [1.165, 1.54) is 12.1 Å². The fraction of sp³-hybridized carbons (Fsp3) is 0.357. The molecule has 0 amide bonds. The number of carbonyl (C=O) groups is 1. The molecule has 1 N–H and O–H groups in total. The fourth-order valence-corrected chi connectivity index (χ4v) is 1.64. The van der Waals surface area contributed by atoms with Crippen LogP contribution in [0.1, 0.15) is 24.2 Å². The summed E-state index contributed by atoms with van der Waals surface area (Å²) in [5.41, 5.74) is 0.162. The van der Waals surface area contributed by atoms with Gasteiger partial charge in [0.2, 0.25) is 6.29 Å². The molecule has 0 atom stereocenters. The molecule has 0 unspecified atom stereocenters. The molecular weight excluding hydrogens is 287 g/mol. The van der Waals surface area contributed by atoms with Crippen molar-refractivity contribution in [3.63, 3.8) is 0 Å². The zero-order chi connectivity index (χ0) is 15.1. The number of halogens is 2. The zero-order valence-corrected chi connectivity index (χ0v) is 12.0. The van der Waals surface area contributed by atoms with Crippen molar-refractivity contribution < 1.29 is 23.8 Å². The Hall–Kier alpha value is -1.43. The van der Waals surface area contributed by atoms with E-state index in [1.54, 1.807) is 13.8 Å². The van der Waals surface area contributed by atoms with Crippen molar-refractivity contribution in [3.8, 4) is 0 Å². The Labute approximate surface area is 121 Å². The van der Waals surface area contributed by atoms with E-state index in [-0.39, 0.29) is 16.3 Å². The summed E-state index contributed by atoms with van der Waals surface area (Å²) < 4.78 is 23.3. The van der Waals surface area contributed by atoms with E-state index in [4.69, 9.17) is 21.1 Å². The second-order valence-corrected chi connectivity index (χ2v) is 4.21. The minimum absolute atomic E-state index is 0.157. The number of aliphatic hydroxyl groups is 1. The minimum Gasteiger partial charge on any atom is -0.507 e. The third-order valence-corrected chi connectivity index (χ3v) is 2.65. The normalized spacial score (nSPS) is 11.9. The van der Waals surface area contributed by atoms with Crippen LogP contribution in [0, 0.1) is 5.82 Å². The van der Waals surface area contributed by atoms with Gasteiger partial charge in [0.15, 0.2) is 11.5 Å². The molecule has 0 aliphatic carbocycles. The van der Waals surface area contributed by atoms with Crippen LogP contribution in [0.4, 0.5) is 4.39 Å². The van der Waals surface area contributed by atoms with Gasteiger partial charge >= 0.3 is 0 Å². The molecule has 6 heteroatoms. The number of carbonyl (C=O) groups excluding carboxylic acids is 1. The van der Waals surface area contributed by atoms with Crippen LogP contribution in [0.15, 0.2) is 30.0 Å². The molecule has 1 aromatic rings. The summed E-state index contributed by atoms with van der Waals surface area (Å²) in [4.78, 5) is 11.9. The van der Waals surface area contributed by atoms with Crippen LogP contribution in [-0.2, 0) is 9.47 Å². The first-order valence-corrected chi connectivity index (χ1v) is 6.50. The molecule has 0 fully saturated rings. The standard InChI is InChI=1S/C14H16ClFO4/c1-3-19-14(20-4-2)13(18)8-12(17)9-5-6-11(16)10(15)7-9/h5-8,14,18H,3-4H2,1-2H3. The first-order valence-electron chi connectivity index (χ1n) is 6.12. The van der Waals surface area contributed by atoms with Gasteiger partial charge in [-0.1, -0.05) is 11.6 Å². The van der Waals surface area contributed by atoms with Gasteiger partial charge in [-0.2, -0.15) is 0 Å². The summed E-state index contributed by atoms with van der Waals surface area (Å²) in [5, 5.41) is 9.65. The predicted octanol–water partition coefficient (Wildman–Crippen LogP) is 3.50. The van der Waals surface area contributed by atoms with Crippen molar-refractivity contribution in [2.45, 2.75) is 20.1 Å². The third-order valence-electron chi connectivity index (χ3n) is 2.36. The summed E-state index contributed by atoms with van der Waals surface area (Å²) in [6, 6.07) is 3.56. The Morgan fingerprint density at radius 3 is 2.50 bits per heavy atom. The average Bonchev–Trinajstić information content (AvgIpc) is 2.41. The topological polar surface area (TPSA) is 55.8 Å². The smallest absolute Gasteiger partial charge is 0.216 e. The van der Waals surface area contributed by atoms with Crippen LogP contribution in [0.5, 0.6) is 0 Å². The number of aliphatic hydroxyl groups excluding tert-OH is 1. The molecule has 1 aromatic carbocycles. The average molecular weight is 303 g/mol. The second kappa shape index (κ2) is 7.99. The van der Waals surface area contributed by atoms with Crippen LogP contribution in [-0.4, -0.2) is 30.4 Å². The Bertz CT molecular complexity index is 496. The van der Waals surface area contributed by atoms with Crippen LogP contribution in [0.2, 0.25) is 5.02 Å². The Kier molecular flexibility index (Phi) is 6.64. The number of benzene rings is 1. The number of ketones is 1. The van der Waals surface area contributed by atoms with E-state index in [0.29, 0.717) is 13.2 Å². The highest BCUT2D eigenvalue weighted by atomic mass is 35.5. The Balaban J connectivity index is 2.89. The van der Waals surface area contributed by atoms with Crippen molar-refractivity contribution in [2.75, 3.05) is 13.2 Å². The monoisotopic (exact) mass is 302 g/mol. The van der Waals surface area contributed by atoms with Gasteiger partial charge in [0.25, 0.3) is 0 Å². The van der Waals surface area contributed by atoms with Gasteiger partial charge in [0.05, 0.1) is 5.02 Å². The number of ether oxygens (including phenoxy) is 2. The molecule has 0 spiro atoms. The summed E-state index contributed by atoms with van der Waals surface area (Å²) in [5.74, 6) is -1.48. The van der Waals surface area contributed by atoms with E-state index in [9.17, 15) is 14.3 Å². The lowest BCUT2D eigenvalue weighted by molar-refractivity contribution is -0.129. The quantitative estimate of drug-likeness (QED) is 0.362. The first kappa shape index (κ1) is 16.6. The van der Waals surface area contributed by atoms with Crippen molar-refractivity contribution in [1.82, 2.24) is 0 Å². The molecule has 0 saturated heterocycles. The van der Waals surface area contributed by atoms with E-state index >= 15 is 0 Å². The predicted molar refractivity (Wildman–Crippen MR) is 73.5 cm³/mol. The summed E-state index contributed by atoms with van der Waals surface area (Å²) in [6.45, 7) is 4.11. The Morgan fingerprint density at radius 1 is 1.40 bits per heavy atom. The van der Waals surface area contributed by atoms with Crippen molar-refractivity contribution in [2.24, 2.45) is 0 Å². The molecular formula is C14H16ClFO4. The molecule has 110 valence electrons. The van der Waals surface area contributed by atoms with Crippen LogP contribution in [0.25, 0.3) is 0 Å². The van der Waals surface area contributed by atoms with E-state index in [0.717, 1.165) is 12.1 Å². The molecule has 4 nitrogen and oxygen atoms in total. The van der Waals surface area contributed by atoms with Crippen LogP contribution < -0.4 is 0 Å². The molecule has 0 heterocycles. The lowest BCUT2D eigenvalue weighted by Gasteiger charge is -2.15. The maximum atomic E-state index is 13.0. The lowest BCUT2D eigenvalue weighted by Crippen LogP contribution is -2.20. The number of hydrogen-bond acceptors (Lipinski definition) is 4. The van der Waals surface area contributed by atoms with Crippen LogP contribution >= 0.6 is 11.6 Å². The Morgan fingerprint density at radius 2 is 2.00 bits per heavy atom. The van der Waals surface area contributed by atoms with Gasteiger partial charge in [0.1, 0.15) is 5.82 Å². The van der Waals surface area contributed by atoms with Crippen LogP contribution in [0.3, 0.4) is 0 Å². The highest BCUT2D eigenvalue weighted by Crippen LogP contribution is 2.17. The third kappa shape index (κ3) is 4.59. The largest absolute Gasteiger partial charge is 0.507 e. The second-order valence-electron chi connectivity index (χ2n) is 3.80. The summed E-state index contributed by atoms with van der Waals surface area (Å²) in [7, 11) is 0. The highest BCUT2D eigenvalue weighted by Gasteiger charge is 2.16. The minimum atomic E-state index is -0.995. The van der Waals surface area contributed by atoms with Gasteiger partial charge in [-0.25, -0.2) is 4.39 Å². The van der Waals surface area contributed by atoms with Gasteiger partial charge in [0, 0.05) is 24.9 Å². The van der Waals surface area contributed by atoms with E-state index < -0.39 is 17.9 Å². The van der Waals surface area contributed by atoms with Gasteiger partial charge < -0.3 is 14.6 Å². The highest BCUT2D eigenvalue weighted by molar-refractivity contribution is 6.31.